The van der Waals surface area contributed by atoms with Crippen molar-refractivity contribution in [3.8, 4) is 5.75 Å². The Balaban J connectivity index is 1.41. The first kappa shape index (κ1) is 23.3. The van der Waals surface area contributed by atoms with Gasteiger partial charge in [0.25, 0.3) is 5.91 Å². The second-order valence-electron chi connectivity index (χ2n) is 7.55. The third-order valence-corrected chi connectivity index (χ3v) is 7.91. The van der Waals surface area contributed by atoms with E-state index in [9.17, 15) is 13.2 Å². The summed E-state index contributed by atoms with van der Waals surface area (Å²) in [7, 11) is -2.00. The van der Waals surface area contributed by atoms with E-state index in [0.717, 1.165) is 15.9 Å². The fourth-order valence-corrected chi connectivity index (χ4v) is 5.57. The number of rotatable bonds is 6. The van der Waals surface area contributed by atoms with Gasteiger partial charge in [-0.1, -0.05) is 34.1 Å². The SMILES string of the molecule is COc1ccccc1N1CCN(S(=O)(=O)c2ccc(NC(=O)c3cccc(Br)c3)cc2)CC1. The van der Waals surface area contributed by atoms with Gasteiger partial charge >= 0.3 is 0 Å². The average molecular weight is 530 g/mol. The highest BCUT2D eigenvalue weighted by Crippen LogP contribution is 2.29. The average Bonchev–Trinajstić information content (AvgIpc) is 2.84. The molecule has 0 aliphatic carbocycles. The second kappa shape index (κ2) is 9.94. The summed E-state index contributed by atoms with van der Waals surface area (Å²) in [4.78, 5) is 14.7. The highest BCUT2D eigenvalue weighted by Gasteiger charge is 2.29. The number of carbonyl (C=O) groups excluding carboxylic acids is 1. The van der Waals surface area contributed by atoms with E-state index in [4.69, 9.17) is 4.74 Å². The van der Waals surface area contributed by atoms with Crippen molar-refractivity contribution in [1.29, 1.82) is 0 Å². The van der Waals surface area contributed by atoms with Gasteiger partial charge in [-0.05, 0) is 54.6 Å². The molecule has 0 bridgehead atoms. The van der Waals surface area contributed by atoms with Crippen molar-refractivity contribution in [2.24, 2.45) is 0 Å². The molecule has 1 heterocycles. The lowest BCUT2D eigenvalue weighted by Crippen LogP contribution is -2.48. The van der Waals surface area contributed by atoms with Crippen molar-refractivity contribution in [3.63, 3.8) is 0 Å². The van der Waals surface area contributed by atoms with Crippen LogP contribution in [0.15, 0.2) is 82.2 Å². The van der Waals surface area contributed by atoms with Gasteiger partial charge in [-0.25, -0.2) is 8.42 Å². The summed E-state index contributed by atoms with van der Waals surface area (Å²) in [5, 5.41) is 2.79. The Bertz CT molecular complexity index is 1240. The molecule has 172 valence electrons. The van der Waals surface area contributed by atoms with E-state index in [1.807, 2.05) is 30.3 Å². The number of hydrogen-bond donors (Lipinski definition) is 1. The van der Waals surface area contributed by atoms with E-state index < -0.39 is 10.0 Å². The molecule has 1 aliphatic rings. The lowest BCUT2D eigenvalue weighted by molar-refractivity contribution is 0.102. The number of nitrogens with zero attached hydrogens (tertiary/aromatic N) is 2. The first-order chi connectivity index (χ1) is 15.9. The summed E-state index contributed by atoms with van der Waals surface area (Å²) in [6.07, 6.45) is 0. The zero-order valence-electron chi connectivity index (χ0n) is 18.1. The monoisotopic (exact) mass is 529 g/mol. The molecule has 1 amide bonds. The minimum Gasteiger partial charge on any atom is -0.495 e. The fraction of sp³-hybridized carbons (Fsp3) is 0.208. The molecule has 1 N–H and O–H groups in total. The van der Waals surface area contributed by atoms with E-state index in [0.29, 0.717) is 37.4 Å². The molecule has 7 nitrogen and oxygen atoms in total. The van der Waals surface area contributed by atoms with E-state index in [2.05, 4.69) is 26.1 Å². The number of methoxy groups -OCH3 is 1. The van der Waals surface area contributed by atoms with Crippen molar-refractivity contribution < 1.29 is 17.9 Å². The molecule has 0 aromatic heterocycles. The maximum Gasteiger partial charge on any atom is 0.255 e. The Kier molecular flexibility index (Phi) is 7.02. The van der Waals surface area contributed by atoms with E-state index in [1.54, 1.807) is 37.4 Å². The number of piperazine rings is 1. The number of anilines is 2. The predicted octanol–water partition coefficient (Wildman–Crippen LogP) is 4.22. The van der Waals surface area contributed by atoms with Crippen LogP contribution in [0.25, 0.3) is 0 Å². The normalized spacial score (nSPS) is 14.7. The molecule has 1 fully saturated rings. The lowest BCUT2D eigenvalue weighted by atomic mass is 10.2. The molecule has 3 aromatic carbocycles. The van der Waals surface area contributed by atoms with Gasteiger partial charge in [0, 0.05) is 41.9 Å². The number of amides is 1. The van der Waals surface area contributed by atoms with Gasteiger partial charge in [-0.3, -0.25) is 4.79 Å². The van der Waals surface area contributed by atoms with Crippen molar-refractivity contribution in [2.45, 2.75) is 4.90 Å². The lowest BCUT2D eigenvalue weighted by Gasteiger charge is -2.35. The van der Waals surface area contributed by atoms with Crippen LogP contribution >= 0.6 is 15.9 Å². The van der Waals surface area contributed by atoms with E-state index in [1.165, 1.54) is 16.4 Å². The molecule has 4 rings (SSSR count). The van der Waals surface area contributed by atoms with E-state index >= 15 is 0 Å². The van der Waals surface area contributed by atoms with Crippen LogP contribution in [0, 0.1) is 0 Å². The van der Waals surface area contributed by atoms with E-state index in [-0.39, 0.29) is 10.8 Å². The molecule has 3 aromatic rings. The first-order valence-electron chi connectivity index (χ1n) is 10.4. The van der Waals surface area contributed by atoms with Crippen molar-refractivity contribution in [1.82, 2.24) is 4.31 Å². The zero-order valence-corrected chi connectivity index (χ0v) is 20.5. The number of nitrogens with one attached hydrogen (secondary N) is 1. The van der Waals surface area contributed by atoms with Gasteiger partial charge in [0.05, 0.1) is 17.7 Å². The third kappa shape index (κ3) is 5.21. The molecule has 33 heavy (non-hydrogen) atoms. The third-order valence-electron chi connectivity index (χ3n) is 5.50. The Morgan fingerprint density at radius 3 is 2.30 bits per heavy atom. The van der Waals surface area contributed by atoms with Crippen LogP contribution < -0.4 is 15.0 Å². The van der Waals surface area contributed by atoms with Gasteiger partial charge < -0.3 is 15.0 Å². The Morgan fingerprint density at radius 2 is 1.64 bits per heavy atom. The molecule has 0 saturated carbocycles. The number of halogens is 1. The summed E-state index contributed by atoms with van der Waals surface area (Å²) in [6.45, 7) is 1.89. The van der Waals surface area contributed by atoms with Crippen molar-refractivity contribution >= 4 is 43.2 Å². The molecule has 0 spiro atoms. The minimum atomic E-state index is -3.63. The number of hydrogen-bond acceptors (Lipinski definition) is 5. The van der Waals surface area contributed by atoms with Crippen molar-refractivity contribution in [2.75, 3.05) is 43.5 Å². The Hall–Kier alpha value is -2.88. The molecule has 1 saturated heterocycles. The molecule has 0 radical (unpaired) electrons. The number of para-hydroxylation sites is 2. The van der Waals surface area contributed by atoms with Gasteiger partial charge in [0.15, 0.2) is 0 Å². The van der Waals surface area contributed by atoms with Crippen LogP contribution in [-0.4, -0.2) is 51.9 Å². The highest BCUT2D eigenvalue weighted by atomic mass is 79.9. The maximum atomic E-state index is 13.1. The molecule has 0 atom stereocenters. The summed E-state index contributed by atoms with van der Waals surface area (Å²) in [5.74, 6) is 0.508. The summed E-state index contributed by atoms with van der Waals surface area (Å²) >= 11 is 3.35. The molecule has 1 aliphatic heterocycles. The van der Waals surface area contributed by atoms with Gasteiger partial charge in [0.1, 0.15) is 5.75 Å². The van der Waals surface area contributed by atoms with Crippen LogP contribution in [0.5, 0.6) is 5.75 Å². The van der Waals surface area contributed by atoms with Crippen LogP contribution in [0.3, 0.4) is 0 Å². The van der Waals surface area contributed by atoms with Crippen LogP contribution in [0.1, 0.15) is 10.4 Å². The smallest absolute Gasteiger partial charge is 0.255 e. The highest BCUT2D eigenvalue weighted by molar-refractivity contribution is 9.10. The summed E-state index contributed by atoms with van der Waals surface area (Å²) in [6, 6.07) is 21.0. The maximum absolute atomic E-state index is 13.1. The quantitative estimate of drug-likeness (QED) is 0.517. The predicted molar refractivity (Wildman–Crippen MR) is 133 cm³/mol. The topological polar surface area (TPSA) is 79.0 Å². The first-order valence-corrected chi connectivity index (χ1v) is 12.7. The number of benzene rings is 3. The molecule has 9 heteroatoms. The van der Waals surface area contributed by atoms with Crippen molar-refractivity contribution in [3.05, 3.63) is 82.8 Å². The van der Waals surface area contributed by atoms with Gasteiger partial charge in [-0.15, -0.1) is 0 Å². The second-order valence-corrected chi connectivity index (χ2v) is 10.4. The standard InChI is InChI=1S/C24H24BrN3O4S/c1-32-23-8-3-2-7-22(23)27-13-15-28(16-14-27)33(30,31)21-11-9-20(10-12-21)26-24(29)18-5-4-6-19(25)17-18/h2-12,17H,13-16H2,1H3,(H,26,29). The number of sulfonamides is 1. The largest absolute Gasteiger partial charge is 0.495 e. The summed E-state index contributed by atoms with van der Waals surface area (Å²) in [5.41, 5.74) is 2.00. The Labute approximate surface area is 202 Å². The zero-order chi connectivity index (χ0) is 23.4. The molecular weight excluding hydrogens is 506 g/mol. The van der Waals surface area contributed by atoms with Crippen LogP contribution in [0.4, 0.5) is 11.4 Å². The van der Waals surface area contributed by atoms with Gasteiger partial charge in [-0.2, -0.15) is 4.31 Å². The molecular formula is C24H24BrN3O4S. The number of carbonyl (C=O) groups is 1. The minimum absolute atomic E-state index is 0.202. The Morgan fingerprint density at radius 1 is 0.939 bits per heavy atom. The van der Waals surface area contributed by atoms with Gasteiger partial charge in [0.2, 0.25) is 10.0 Å². The van der Waals surface area contributed by atoms with Crippen LogP contribution in [-0.2, 0) is 10.0 Å². The fourth-order valence-electron chi connectivity index (χ4n) is 3.75. The summed E-state index contributed by atoms with van der Waals surface area (Å²) < 4.78 is 34.0. The van der Waals surface area contributed by atoms with Crippen LogP contribution in [0.2, 0.25) is 0 Å². The molecule has 0 unspecified atom stereocenters. The number of ether oxygens (including phenoxy) is 1.